The summed E-state index contributed by atoms with van der Waals surface area (Å²) >= 11 is 0. The van der Waals surface area contributed by atoms with Gasteiger partial charge in [0, 0.05) is 18.4 Å². The Morgan fingerprint density at radius 1 is 1.12 bits per heavy atom. The fraction of sp³-hybridized carbons (Fsp3) is 0.292. The van der Waals surface area contributed by atoms with E-state index in [0.717, 1.165) is 0 Å². The first-order valence-corrected chi connectivity index (χ1v) is 10.3. The van der Waals surface area contributed by atoms with Crippen molar-refractivity contribution in [3.05, 3.63) is 71.4 Å². The molecule has 1 heterocycles. The zero-order valence-corrected chi connectivity index (χ0v) is 18.5. The van der Waals surface area contributed by atoms with Crippen LogP contribution in [-0.4, -0.2) is 42.6 Å². The maximum Gasteiger partial charge on any atom is 0.338 e. The first-order valence-electron chi connectivity index (χ1n) is 10.3. The van der Waals surface area contributed by atoms with E-state index >= 15 is 0 Å². The van der Waals surface area contributed by atoms with Crippen molar-refractivity contribution in [2.75, 3.05) is 19.0 Å². The quantitative estimate of drug-likeness (QED) is 0.645. The Morgan fingerprint density at radius 2 is 1.84 bits per heavy atom. The van der Waals surface area contributed by atoms with Gasteiger partial charge in [-0.05, 0) is 50.6 Å². The lowest BCUT2D eigenvalue weighted by molar-refractivity contribution is -0.143. The number of urea groups is 1. The van der Waals surface area contributed by atoms with Crippen molar-refractivity contribution < 1.29 is 23.9 Å². The standard InChI is InChI=1S/C24H27N3O5/c1-15(2)32-23(29)21-16(3)27(4)24(30)26-22(21)17-9-8-10-18(13-17)25-20(28)14-31-19-11-6-5-7-12-19/h5-13,15,22H,14H2,1-4H3,(H,25,28)(H,26,30)/t22-/m1/s1. The van der Waals surface area contributed by atoms with Crippen molar-refractivity contribution in [1.82, 2.24) is 10.2 Å². The van der Waals surface area contributed by atoms with E-state index in [1.165, 1.54) is 4.90 Å². The molecule has 0 bridgehead atoms. The van der Waals surface area contributed by atoms with Crippen LogP contribution in [0.15, 0.2) is 65.9 Å². The van der Waals surface area contributed by atoms with Crippen LogP contribution in [0.5, 0.6) is 5.75 Å². The van der Waals surface area contributed by atoms with Gasteiger partial charge in [-0.2, -0.15) is 0 Å². The molecule has 0 spiro atoms. The molecule has 2 N–H and O–H groups in total. The van der Waals surface area contributed by atoms with E-state index in [4.69, 9.17) is 9.47 Å². The van der Waals surface area contributed by atoms with Crippen LogP contribution in [0.4, 0.5) is 10.5 Å². The number of nitrogens with one attached hydrogen (secondary N) is 2. The average Bonchev–Trinajstić information content (AvgIpc) is 2.76. The highest BCUT2D eigenvalue weighted by molar-refractivity contribution is 5.95. The van der Waals surface area contributed by atoms with Crippen LogP contribution in [-0.2, 0) is 14.3 Å². The highest BCUT2D eigenvalue weighted by Gasteiger charge is 2.35. The molecule has 0 fully saturated rings. The molecule has 2 aromatic carbocycles. The molecule has 3 rings (SSSR count). The Labute approximate surface area is 187 Å². The van der Waals surface area contributed by atoms with E-state index in [9.17, 15) is 14.4 Å². The van der Waals surface area contributed by atoms with Crippen LogP contribution in [0, 0.1) is 0 Å². The maximum absolute atomic E-state index is 12.8. The van der Waals surface area contributed by atoms with E-state index in [1.54, 1.807) is 64.2 Å². The first kappa shape index (κ1) is 22.9. The van der Waals surface area contributed by atoms with Gasteiger partial charge in [0.05, 0.1) is 17.7 Å². The molecule has 0 saturated carbocycles. The van der Waals surface area contributed by atoms with Crippen molar-refractivity contribution in [2.24, 2.45) is 0 Å². The second-order valence-corrected chi connectivity index (χ2v) is 7.67. The van der Waals surface area contributed by atoms with E-state index in [-0.39, 0.29) is 24.6 Å². The lowest BCUT2D eigenvalue weighted by Crippen LogP contribution is -2.46. The summed E-state index contributed by atoms with van der Waals surface area (Å²) < 4.78 is 10.9. The second-order valence-electron chi connectivity index (χ2n) is 7.67. The minimum absolute atomic E-state index is 0.149. The van der Waals surface area contributed by atoms with E-state index < -0.39 is 12.0 Å². The van der Waals surface area contributed by atoms with Gasteiger partial charge in [0.25, 0.3) is 5.91 Å². The van der Waals surface area contributed by atoms with Crippen LogP contribution in [0.2, 0.25) is 0 Å². The minimum Gasteiger partial charge on any atom is -0.484 e. The summed E-state index contributed by atoms with van der Waals surface area (Å²) in [6.07, 6.45) is -0.304. The van der Waals surface area contributed by atoms with Crippen molar-refractivity contribution in [3.63, 3.8) is 0 Å². The molecular weight excluding hydrogens is 410 g/mol. The minimum atomic E-state index is -0.706. The number of rotatable bonds is 7. The molecule has 1 aliphatic rings. The number of allylic oxidation sites excluding steroid dienone is 1. The molecule has 0 saturated heterocycles. The average molecular weight is 437 g/mol. The molecule has 8 heteroatoms. The van der Waals surface area contributed by atoms with Crippen LogP contribution < -0.4 is 15.4 Å². The number of ether oxygens (including phenoxy) is 2. The summed E-state index contributed by atoms with van der Waals surface area (Å²) in [4.78, 5) is 38.9. The van der Waals surface area contributed by atoms with Gasteiger partial charge >= 0.3 is 12.0 Å². The third kappa shape index (κ3) is 5.46. The van der Waals surface area contributed by atoms with E-state index in [0.29, 0.717) is 28.3 Å². The molecule has 8 nitrogen and oxygen atoms in total. The van der Waals surface area contributed by atoms with Gasteiger partial charge in [0.1, 0.15) is 5.75 Å². The summed E-state index contributed by atoms with van der Waals surface area (Å²) in [5.41, 5.74) is 2.02. The normalized spacial score (nSPS) is 16.0. The molecule has 3 amide bonds. The molecule has 1 atom stereocenters. The molecule has 1 aliphatic heterocycles. The number of anilines is 1. The largest absolute Gasteiger partial charge is 0.484 e. The van der Waals surface area contributed by atoms with Gasteiger partial charge < -0.3 is 25.0 Å². The number of carbonyl (C=O) groups excluding carboxylic acids is 3. The molecule has 0 radical (unpaired) electrons. The van der Waals surface area contributed by atoms with E-state index in [1.807, 2.05) is 18.2 Å². The molecule has 0 aromatic heterocycles. The fourth-order valence-electron chi connectivity index (χ4n) is 3.29. The third-order valence-electron chi connectivity index (χ3n) is 4.93. The maximum atomic E-state index is 12.8. The van der Waals surface area contributed by atoms with Gasteiger partial charge in [-0.15, -0.1) is 0 Å². The van der Waals surface area contributed by atoms with Gasteiger partial charge in [0.2, 0.25) is 0 Å². The molecule has 168 valence electrons. The van der Waals surface area contributed by atoms with Gasteiger partial charge in [-0.25, -0.2) is 9.59 Å². The molecule has 32 heavy (non-hydrogen) atoms. The lowest BCUT2D eigenvalue weighted by atomic mass is 9.94. The molecular formula is C24H27N3O5. The zero-order chi connectivity index (χ0) is 23.3. The summed E-state index contributed by atoms with van der Waals surface area (Å²) in [5, 5.41) is 5.62. The van der Waals surface area contributed by atoms with Gasteiger partial charge in [-0.1, -0.05) is 30.3 Å². The predicted octanol–water partition coefficient (Wildman–Crippen LogP) is 3.63. The topological polar surface area (TPSA) is 97.0 Å². The summed E-state index contributed by atoms with van der Waals surface area (Å²) in [5.74, 6) is -0.232. The Kier molecular flexibility index (Phi) is 7.14. The number of nitrogens with zero attached hydrogens (tertiary/aromatic N) is 1. The van der Waals surface area contributed by atoms with Crippen molar-refractivity contribution in [2.45, 2.75) is 32.9 Å². The monoisotopic (exact) mass is 437 g/mol. The fourth-order valence-corrected chi connectivity index (χ4v) is 3.29. The van der Waals surface area contributed by atoms with Crippen LogP contribution >= 0.6 is 0 Å². The number of hydrogen-bond donors (Lipinski definition) is 2. The SMILES string of the molecule is CC1=C(C(=O)OC(C)C)[C@@H](c2cccc(NC(=O)COc3ccccc3)c2)NC(=O)N1C. The third-order valence-corrected chi connectivity index (χ3v) is 4.93. The number of hydrogen-bond acceptors (Lipinski definition) is 5. The summed E-state index contributed by atoms with van der Waals surface area (Å²) in [6.45, 7) is 5.09. The molecule has 0 unspecified atom stereocenters. The summed E-state index contributed by atoms with van der Waals surface area (Å²) in [6, 6.07) is 15.0. The van der Waals surface area contributed by atoms with Crippen molar-refractivity contribution in [1.29, 1.82) is 0 Å². The zero-order valence-electron chi connectivity index (χ0n) is 18.5. The first-order chi connectivity index (χ1) is 15.3. The lowest BCUT2D eigenvalue weighted by Gasteiger charge is -2.33. The van der Waals surface area contributed by atoms with Gasteiger partial charge in [0.15, 0.2) is 6.61 Å². The van der Waals surface area contributed by atoms with Crippen LogP contribution in [0.3, 0.4) is 0 Å². The van der Waals surface area contributed by atoms with Crippen LogP contribution in [0.1, 0.15) is 32.4 Å². The Balaban J connectivity index is 1.79. The highest BCUT2D eigenvalue weighted by Crippen LogP contribution is 2.32. The smallest absolute Gasteiger partial charge is 0.338 e. The Hall–Kier alpha value is -3.81. The molecule has 2 aromatic rings. The number of carbonyl (C=O) groups is 3. The Morgan fingerprint density at radius 3 is 2.53 bits per heavy atom. The Bertz CT molecular complexity index is 1030. The number of amides is 3. The van der Waals surface area contributed by atoms with Crippen molar-refractivity contribution >= 4 is 23.6 Å². The number of para-hydroxylation sites is 1. The number of esters is 1. The molecule has 0 aliphatic carbocycles. The van der Waals surface area contributed by atoms with Crippen LogP contribution in [0.25, 0.3) is 0 Å². The second kappa shape index (κ2) is 10.00. The van der Waals surface area contributed by atoms with Gasteiger partial charge in [-0.3, -0.25) is 4.79 Å². The van der Waals surface area contributed by atoms with Crippen molar-refractivity contribution in [3.8, 4) is 5.75 Å². The van der Waals surface area contributed by atoms with E-state index in [2.05, 4.69) is 10.6 Å². The number of benzene rings is 2. The predicted molar refractivity (Wildman–Crippen MR) is 120 cm³/mol. The summed E-state index contributed by atoms with van der Waals surface area (Å²) in [7, 11) is 1.59. The highest BCUT2D eigenvalue weighted by atomic mass is 16.5.